The maximum Gasteiger partial charge on any atom is 0.126 e. The molecule has 2 unspecified atom stereocenters. The molecule has 96 valence electrons. The van der Waals surface area contributed by atoms with Crippen LogP contribution >= 0.6 is 0 Å². The molecule has 1 aliphatic heterocycles. The highest BCUT2D eigenvalue weighted by Gasteiger charge is 2.22. The zero-order chi connectivity index (χ0) is 12.4. The van der Waals surface area contributed by atoms with Gasteiger partial charge in [0.15, 0.2) is 0 Å². The summed E-state index contributed by atoms with van der Waals surface area (Å²) in [5.74, 6) is 1.55. The van der Waals surface area contributed by atoms with Crippen molar-refractivity contribution in [1.82, 2.24) is 14.9 Å². The molecule has 2 atom stereocenters. The highest BCUT2D eigenvalue weighted by atomic mass is 16.3. The minimum absolute atomic E-state index is 0.208. The number of nitrogens with zero attached hydrogens (tertiary/aromatic N) is 2. The summed E-state index contributed by atoms with van der Waals surface area (Å²) in [7, 11) is 0. The van der Waals surface area contributed by atoms with Gasteiger partial charge in [0.1, 0.15) is 5.76 Å². The molecule has 2 aromatic heterocycles. The highest BCUT2D eigenvalue weighted by molar-refractivity contribution is 5.14. The summed E-state index contributed by atoms with van der Waals surface area (Å²) in [5.41, 5.74) is 1.31. The number of rotatable bonds is 3. The van der Waals surface area contributed by atoms with E-state index >= 15 is 0 Å². The van der Waals surface area contributed by atoms with Crippen LogP contribution in [-0.4, -0.2) is 22.6 Å². The average molecular weight is 245 g/mol. The maximum absolute atomic E-state index is 5.50. The summed E-state index contributed by atoms with van der Waals surface area (Å²) >= 11 is 0. The molecule has 1 fully saturated rings. The molecule has 1 N–H and O–H groups in total. The van der Waals surface area contributed by atoms with Crippen molar-refractivity contribution >= 4 is 0 Å². The molecule has 1 aliphatic rings. The summed E-state index contributed by atoms with van der Waals surface area (Å²) in [5, 5.41) is 3.46. The van der Waals surface area contributed by atoms with Crippen LogP contribution in [-0.2, 0) is 0 Å². The Morgan fingerprint density at radius 2 is 2.50 bits per heavy atom. The van der Waals surface area contributed by atoms with Gasteiger partial charge in [-0.15, -0.1) is 0 Å². The van der Waals surface area contributed by atoms with E-state index in [9.17, 15) is 0 Å². The SMILES string of the molecule is CC(c1ccco1)n1cncc1C1CCCNC1. The maximum atomic E-state index is 5.50. The lowest BCUT2D eigenvalue weighted by Crippen LogP contribution is -2.30. The number of furan rings is 1. The smallest absolute Gasteiger partial charge is 0.126 e. The molecular weight excluding hydrogens is 226 g/mol. The highest BCUT2D eigenvalue weighted by Crippen LogP contribution is 2.27. The molecule has 0 amide bonds. The average Bonchev–Trinajstić information content (AvgIpc) is 3.10. The van der Waals surface area contributed by atoms with Crippen LogP contribution in [0.5, 0.6) is 0 Å². The van der Waals surface area contributed by atoms with Gasteiger partial charge in [-0.25, -0.2) is 4.98 Å². The number of aromatic nitrogens is 2. The molecule has 4 heteroatoms. The first-order chi connectivity index (χ1) is 8.86. The van der Waals surface area contributed by atoms with Crippen LogP contribution in [0.25, 0.3) is 0 Å². The zero-order valence-electron chi connectivity index (χ0n) is 10.7. The standard InChI is InChI=1S/C14H19N3O/c1-11(14-5-3-7-18-14)17-10-16-9-13(17)12-4-2-6-15-8-12/h3,5,7,9-12,15H,2,4,6,8H2,1H3. The summed E-state index contributed by atoms with van der Waals surface area (Å²) in [6, 6.07) is 4.16. The summed E-state index contributed by atoms with van der Waals surface area (Å²) in [6.07, 6.45) is 8.12. The molecule has 0 spiro atoms. The Morgan fingerprint density at radius 3 is 3.22 bits per heavy atom. The Balaban J connectivity index is 1.86. The third-order valence-electron chi connectivity index (χ3n) is 3.78. The van der Waals surface area contributed by atoms with E-state index < -0.39 is 0 Å². The number of nitrogens with one attached hydrogen (secondary N) is 1. The molecule has 0 bridgehead atoms. The van der Waals surface area contributed by atoms with E-state index in [1.807, 2.05) is 24.7 Å². The van der Waals surface area contributed by atoms with Crippen molar-refractivity contribution in [2.75, 3.05) is 13.1 Å². The topological polar surface area (TPSA) is 43.0 Å². The minimum atomic E-state index is 0.208. The Hall–Kier alpha value is -1.55. The Bertz CT molecular complexity index is 483. The van der Waals surface area contributed by atoms with Crippen LogP contribution in [0.2, 0.25) is 0 Å². The summed E-state index contributed by atoms with van der Waals surface area (Å²) < 4.78 is 7.73. The van der Waals surface area contributed by atoms with Gasteiger partial charge in [-0.2, -0.15) is 0 Å². The molecule has 3 rings (SSSR count). The quantitative estimate of drug-likeness (QED) is 0.903. The third kappa shape index (κ3) is 2.08. The van der Waals surface area contributed by atoms with Crippen molar-refractivity contribution in [3.05, 3.63) is 42.4 Å². The molecule has 0 radical (unpaired) electrons. The van der Waals surface area contributed by atoms with Gasteiger partial charge in [-0.3, -0.25) is 0 Å². The van der Waals surface area contributed by atoms with Crippen LogP contribution < -0.4 is 5.32 Å². The predicted molar refractivity (Wildman–Crippen MR) is 69.6 cm³/mol. The van der Waals surface area contributed by atoms with Gasteiger partial charge in [0.25, 0.3) is 0 Å². The van der Waals surface area contributed by atoms with Crippen molar-refractivity contribution < 1.29 is 4.42 Å². The molecule has 3 heterocycles. The van der Waals surface area contributed by atoms with E-state index in [1.165, 1.54) is 18.5 Å². The van der Waals surface area contributed by atoms with Crippen molar-refractivity contribution in [3.8, 4) is 0 Å². The first-order valence-corrected chi connectivity index (χ1v) is 6.62. The lowest BCUT2D eigenvalue weighted by Gasteiger charge is -2.25. The predicted octanol–water partition coefficient (Wildman–Crippen LogP) is 2.55. The number of hydrogen-bond acceptors (Lipinski definition) is 3. The molecule has 0 aliphatic carbocycles. The largest absolute Gasteiger partial charge is 0.467 e. The second kappa shape index (κ2) is 4.98. The third-order valence-corrected chi connectivity index (χ3v) is 3.78. The van der Waals surface area contributed by atoms with Crippen molar-refractivity contribution in [3.63, 3.8) is 0 Å². The summed E-state index contributed by atoms with van der Waals surface area (Å²) in [4.78, 5) is 4.32. The van der Waals surface area contributed by atoms with E-state index in [0.29, 0.717) is 5.92 Å². The van der Waals surface area contributed by atoms with Crippen molar-refractivity contribution in [2.45, 2.75) is 31.7 Å². The Morgan fingerprint density at radius 1 is 1.56 bits per heavy atom. The van der Waals surface area contributed by atoms with E-state index in [4.69, 9.17) is 4.42 Å². The van der Waals surface area contributed by atoms with E-state index in [2.05, 4.69) is 21.8 Å². The van der Waals surface area contributed by atoms with E-state index in [-0.39, 0.29) is 6.04 Å². The van der Waals surface area contributed by atoms with E-state index in [1.54, 1.807) is 6.26 Å². The molecular formula is C14H19N3O. The molecule has 1 saturated heterocycles. The zero-order valence-corrected chi connectivity index (χ0v) is 10.7. The Kier molecular flexibility index (Phi) is 3.19. The van der Waals surface area contributed by atoms with Crippen LogP contribution in [0, 0.1) is 0 Å². The van der Waals surface area contributed by atoms with Crippen LogP contribution in [0.4, 0.5) is 0 Å². The van der Waals surface area contributed by atoms with Gasteiger partial charge in [-0.1, -0.05) is 0 Å². The molecule has 2 aromatic rings. The second-order valence-corrected chi connectivity index (χ2v) is 4.96. The fourth-order valence-electron chi connectivity index (χ4n) is 2.73. The lowest BCUT2D eigenvalue weighted by atomic mass is 9.96. The van der Waals surface area contributed by atoms with Gasteiger partial charge in [0, 0.05) is 24.4 Å². The van der Waals surface area contributed by atoms with Gasteiger partial charge in [0.2, 0.25) is 0 Å². The van der Waals surface area contributed by atoms with E-state index in [0.717, 1.165) is 18.8 Å². The van der Waals surface area contributed by atoms with Crippen LogP contribution in [0.1, 0.15) is 43.2 Å². The van der Waals surface area contributed by atoms with Gasteiger partial charge < -0.3 is 14.3 Å². The normalized spacial score (nSPS) is 21.9. The van der Waals surface area contributed by atoms with Crippen LogP contribution in [0.15, 0.2) is 35.3 Å². The fraction of sp³-hybridized carbons (Fsp3) is 0.500. The van der Waals surface area contributed by atoms with Crippen molar-refractivity contribution in [2.24, 2.45) is 0 Å². The number of imidazole rings is 1. The molecule has 4 nitrogen and oxygen atoms in total. The van der Waals surface area contributed by atoms with Crippen molar-refractivity contribution in [1.29, 1.82) is 0 Å². The monoisotopic (exact) mass is 245 g/mol. The van der Waals surface area contributed by atoms with Gasteiger partial charge >= 0.3 is 0 Å². The first-order valence-electron chi connectivity index (χ1n) is 6.62. The molecule has 0 aromatic carbocycles. The molecule has 0 saturated carbocycles. The fourth-order valence-corrected chi connectivity index (χ4v) is 2.73. The summed E-state index contributed by atoms with van der Waals surface area (Å²) in [6.45, 7) is 4.34. The first kappa shape index (κ1) is 11.5. The Labute approximate surface area is 107 Å². The second-order valence-electron chi connectivity index (χ2n) is 4.96. The minimum Gasteiger partial charge on any atom is -0.467 e. The number of piperidine rings is 1. The van der Waals surface area contributed by atoms with Gasteiger partial charge in [-0.05, 0) is 38.4 Å². The number of hydrogen-bond donors (Lipinski definition) is 1. The molecule has 18 heavy (non-hydrogen) atoms. The lowest BCUT2D eigenvalue weighted by molar-refractivity contribution is 0.407. The van der Waals surface area contributed by atoms with Gasteiger partial charge in [0.05, 0.1) is 18.6 Å². The van der Waals surface area contributed by atoms with Crippen LogP contribution in [0.3, 0.4) is 0 Å².